The Labute approximate surface area is 136 Å². The second-order valence-corrected chi connectivity index (χ2v) is 5.76. The van der Waals surface area contributed by atoms with Gasteiger partial charge in [0.15, 0.2) is 0 Å². The largest absolute Gasteiger partial charge is 0.325 e. The first-order valence-corrected chi connectivity index (χ1v) is 8.22. The zero-order chi connectivity index (χ0) is 16.1. The molecule has 0 aliphatic carbocycles. The van der Waals surface area contributed by atoms with E-state index in [-0.39, 0.29) is 5.91 Å². The van der Waals surface area contributed by atoms with Crippen LogP contribution in [0, 0.1) is 0 Å². The molecule has 0 saturated heterocycles. The molecule has 0 radical (unpaired) electrons. The molecule has 2 aromatic heterocycles. The van der Waals surface area contributed by atoms with Gasteiger partial charge < -0.3 is 5.32 Å². The van der Waals surface area contributed by atoms with E-state index in [1.807, 2.05) is 30.3 Å². The van der Waals surface area contributed by atoms with Crippen LogP contribution in [0.4, 0.5) is 5.69 Å². The summed E-state index contributed by atoms with van der Waals surface area (Å²) in [5.74, 6) is 0.0643. The molecule has 0 atom stereocenters. The molecule has 0 spiro atoms. The zero-order valence-electron chi connectivity index (χ0n) is 13.4. The van der Waals surface area contributed by atoms with E-state index in [2.05, 4.69) is 22.2 Å². The summed E-state index contributed by atoms with van der Waals surface area (Å²) in [5.41, 5.74) is 2.50. The first-order valence-electron chi connectivity index (χ1n) is 8.22. The third-order valence-corrected chi connectivity index (χ3v) is 3.99. The number of amides is 1. The van der Waals surface area contributed by atoms with Crippen LogP contribution in [0.2, 0.25) is 0 Å². The number of benzene rings is 1. The van der Waals surface area contributed by atoms with Gasteiger partial charge in [-0.15, -0.1) is 0 Å². The maximum atomic E-state index is 12.2. The van der Waals surface area contributed by atoms with E-state index in [1.54, 1.807) is 12.4 Å². The van der Waals surface area contributed by atoms with Crippen LogP contribution < -0.4 is 5.32 Å². The van der Waals surface area contributed by atoms with E-state index in [0.29, 0.717) is 6.42 Å². The lowest BCUT2D eigenvalue weighted by molar-refractivity contribution is -0.116. The number of anilines is 1. The van der Waals surface area contributed by atoms with E-state index >= 15 is 0 Å². The average molecular weight is 307 g/mol. The lowest BCUT2D eigenvalue weighted by Crippen LogP contribution is -2.11. The first kappa shape index (κ1) is 15.4. The van der Waals surface area contributed by atoms with Gasteiger partial charge in [-0.2, -0.15) is 0 Å². The number of hydrogen-bond donors (Lipinski definition) is 1. The monoisotopic (exact) mass is 307 g/mol. The molecule has 0 saturated carbocycles. The normalized spacial score (nSPS) is 11.0. The van der Waals surface area contributed by atoms with Crippen LogP contribution in [0.1, 0.15) is 39.0 Å². The molecule has 4 nitrogen and oxygen atoms in total. The van der Waals surface area contributed by atoms with Gasteiger partial charge in [0.1, 0.15) is 0 Å². The summed E-state index contributed by atoms with van der Waals surface area (Å²) < 4.78 is 0. The Balaban J connectivity index is 1.89. The van der Waals surface area contributed by atoms with Crippen molar-refractivity contribution < 1.29 is 4.79 Å². The minimum absolute atomic E-state index is 0.0643. The molecular weight excluding hydrogens is 286 g/mol. The van der Waals surface area contributed by atoms with Crippen molar-refractivity contribution in [1.29, 1.82) is 0 Å². The molecule has 0 bridgehead atoms. The fourth-order valence-electron chi connectivity index (χ4n) is 2.81. The summed E-state index contributed by atoms with van der Waals surface area (Å²) in [6.07, 6.45) is 8.48. The van der Waals surface area contributed by atoms with Crippen molar-refractivity contribution in [3.8, 4) is 0 Å². The second kappa shape index (κ2) is 7.18. The van der Waals surface area contributed by atoms with Crippen molar-refractivity contribution in [1.82, 2.24) is 9.97 Å². The predicted octanol–water partition coefficient (Wildman–Crippen LogP) is 4.69. The molecule has 1 N–H and O–H groups in total. The Morgan fingerprint density at radius 2 is 1.83 bits per heavy atom. The second-order valence-electron chi connectivity index (χ2n) is 5.76. The highest BCUT2D eigenvalue weighted by molar-refractivity contribution is 6.11. The van der Waals surface area contributed by atoms with Gasteiger partial charge in [-0.1, -0.05) is 32.3 Å². The quantitative estimate of drug-likeness (QED) is 0.531. The van der Waals surface area contributed by atoms with Gasteiger partial charge in [0.25, 0.3) is 0 Å². The van der Waals surface area contributed by atoms with Crippen molar-refractivity contribution in [3.05, 3.63) is 42.7 Å². The van der Waals surface area contributed by atoms with Crippen molar-refractivity contribution in [2.45, 2.75) is 39.0 Å². The van der Waals surface area contributed by atoms with Crippen molar-refractivity contribution in [3.63, 3.8) is 0 Å². The molecule has 0 unspecified atom stereocenters. The fraction of sp³-hybridized carbons (Fsp3) is 0.316. The lowest BCUT2D eigenvalue weighted by atomic mass is 10.1. The smallest absolute Gasteiger partial charge is 0.224 e. The topological polar surface area (TPSA) is 54.9 Å². The highest BCUT2D eigenvalue weighted by atomic mass is 16.1. The molecule has 4 heteroatoms. The van der Waals surface area contributed by atoms with E-state index in [0.717, 1.165) is 40.3 Å². The Morgan fingerprint density at radius 1 is 1.04 bits per heavy atom. The Morgan fingerprint density at radius 3 is 2.65 bits per heavy atom. The van der Waals surface area contributed by atoms with Crippen LogP contribution in [0.5, 0.6) is 0 Å². The molecule has 23 heavy (non-hydrogen) atoms. The van der Waals surface area contributed by atoms with Crippen molar-refractivity contribution in [2.24, 2.45) is 0 Å². The summed E-state index contributed by atoms with van der Waals surface area (Å²) in [5, 5.41) is 4.96. The van der Waals surface area contributed by atoms with E-state index < -0.39 is 0 Å². The average Bonchev–Trinajstić information content (AvgIpc) is 2.59. The number of nitrogens with zero attached hydrogens (tertiary/aromatic N) is 2. The minimum atomic E-state index is 0.0643. The molecule has 1 amide bonds. The van der Waals surface area contributed by atoms with Crippen LogP contribution in [0.15, 0.2) is 42.7 Å². The van der Waals surface area contributed by atoms with Gasteiger partial charge in [0.05, 0.1) is 16.7 Å². The number of aromatic nitrogens is 2. The van der Waals surface area contributed by atoms with Gasteiger partial charge in [0.2, 0.25) is 5.91 Å². The van der Waals surface area contributed by atoms with E-state index in [1.165, 1.54) is 12.8 Å². The SMILES string of the molecule is CCCCCCC(=O)Nc1cc2cccnc2c2ncccc12. The van der Waals surface area contributed by atoms with Crippen LogP contribution in [0.25, 0.3) is 21.8 Å². The Kier molecular flexibility index (Phi) is 4.81. The standard InChI is InChI=1S/C19H21N3O/c1-2-3-4-5-10-17(23)22-16-13-14-8-6-11-20-18(14)19-15(16)9-7-12-21-19/h6-9,11-13H,2-5,10H2,1H3,(H,22,23). The number of carbonyl (C=O) groups is 1. The van der Waals surface area contributed by atoms with Gasteiger partial charge in [-0.05, 0) is 30.7 Å². The number of nitrogens with one attached hydrogen (secondary N) is 1. The molecule has 0 fully saturated rings. The molecule has 0 aliphatic rings. The third-order valence-electron chi connectivity index (χ3n) is 3.99. The van der Waals surface area contributed by atoms with Crippen molar-refractivity contribution >= 4 is 33.4 Å². The molecular formula is C19H21N3O. The molecule has 2 heterocycles. The molecule has 118 valence electrons. The zero-order valence-corrected chi connectivity index (χ0v) is 13.4. The molecule has 1 aromatic carbocycles. The maximum absolute atomic E-state index is 12.2. The summed E-state index contributed by atoms with van der Waals surface area (Å²) in [6, 6.07) is 9.73. The maximum Gasteiger partial charge on any atom is 0.224 e. The van der Waals surface area contributed by atoms with Gasteiger partial charge >= 0.3 is 0 Å². The summed E-state index contributed by atoms with van der Waals surface area (Å²) in [4.78, 5) is 21.1. The predicted molar refractivity (Wildman–Crippen MR) is 94.4 cm³/mol. The van der Waals surface area contributed by atoms with Gasteiger partial charge in [0, 0.05) is 29.6 Å². The Bertz CT molecular complexity index is 829. The van der Waals surface area contributed by atoms with Crippen molar-refractivity contribution in [2.75, 3.05) is 5.32 Å². The highest BCUT2D eigenvalue weighted by Gasteiger charge is 2.10. The van der Waals surface area contributed by atoms with Crippen LogP contribution in [-0.4, -0.2) is 15.9 Å². The molecule has 0 aliphatic heterocycles. The number of hydrogen-bond acceptors (Lipinski definition) is 3. The number of fused-ring (bicyclic) bond motifs is 3. The first-order chi connectivity index (χ1) is 11.3. The summed E-state index contributed by atoms with van der Waals surface area (Å²) in [7, 11) is 0. The minimum Gasteiger partial charge on any atom is -0.325 e. The van der Waals surface area contributed by atoms with Crippen LogP contribution >= 0.6 is 0 Å². The lowest BCUT2D eigenvalue weighted by Gasteiger charge is -2.10. The fourth-order valence-corrected chi connectivity index (χ4v) is 2.81. The number of rotatable bonds is 6. The van der Waals surface area contributed by atoms with Gasteiger partial charge in [-0.25, -0.2) is 0 Å². The molecule has 3 aromatic rings. The third kappa shape index (κ3) is 3.47. The number of carbonyl (C=O) groups excluding carboxylic acids is 1. The summed E-state index contributed by atoms with van der Waals surface area (Å²) >= 11 is 0. The number of pyridine rings is 2. The summed E-state index contributed by atoms with van der Waals surface area (Å²) in [6.45, 7) is 2.17. The van der Waals surface area contributed by atoms with E-state index in [9.17, 15) is 4.79 Å². The number of unbranched alkanes of at least 4 members (excludes halogenated alkanes) is 3. The van der Waals surface area contributed by atoms with E-state index in [4.69, 9.17) is 0 Å². The molecule has 3 rings (SSSR count). The van der Waals surface area contributed by atoms with Gasteiger partial charge in [-0.3, -0.25) is 14.8 Å². The Hall–Kier alpha value is -2.49. The highest BCUT2D eigenvalue weighted by Crippen LogP contribution is 2.29. The van der Waals surface area contributed by atoms with Crippen LogP contribution in [0.3, 0.4) is 0 Å². The van der Waals surface area contributed by atoms with Crippen LogP contribution in [-0.2, 0) is 4.79 Å².